The monoisotopic (exact) mass is 268 g/mol. The third-order valence-corrected chi connectivity index (χ3v) is 3.81. The minimum absolute atomic E-state index is 0.113. The summed E-state index contributed by atoms with van der Waals surface area (Å²) in [6, 6.07) is 4.85. The molecule has 0 radical (unpaired) electrons. The third kappa shape index (κ3) is 2.94. The highest BCUT2D eigenvalue weighted by molar-refractivity contribution is 6.33. The zero-order valence-corrected chi connectivity index (χ0v) is 10.8. The number of nitrogens with two attached hydrogens (primary N) is 1. The maximum Gasteiger partial charge on any atom is 0.251 e. The van der Waals surface area contributed by atoms with E-state index in [0.29, 0.717) is 22.8 Å². The van der Waals surface area contributed by atoms with Crippen LogP contribution in [0, 0.1) is 5.41 Å². The lowest BCUT2D eigenvalue weighted by molar-refractivity contribution is 0.0941. The molecular formula is C13H17ClN2O2. The van der Waals surface area contributed by atoms with E-state index in [9.17, 15) is 4.79 Å². The SMILES string of the molecule is Nc1ccc(C(=O)NCC2(CCO)CC2)cc1Cl. The average Bonchev–Trinajstić information content (AvgIpc) is 3.11. The lowest BCUT2D eigenvalue weighted by Gasteiger charge is -2.14. The summed E-state index contributed by atoms with van der Waals surface area (Å²) >= 11 is 5.87. The smallest absolute Gasteiger partial charge is 0.251 e. The molecule has 1 amide bonds. The Balaban J connectivity index is 1.93. The number of aliphatic hydroxyl groups excluding tert-OH is 1. The number of hydrogen-bond acceptors (Lipinski definition) is 3. The highest BCUT2D eigenvalue weighted by Crippen LogP contribution is 2.47. The van der Waals surface area contributed by atoms with E-state index in [1.165, 1.54) is 0 Å². The molecule has 1 aromatic carbocycles. The number of rotatable bonds is 5. The second-order valence-electron chi connectivity index (χ2n) is 4.89. The fraction of sp³-hybridized carbons (Fsp3) is 0.462. The maximum absolute atomic E-state index is 11.9. The molecule has 0 bridgehead atoms. The van der Waals surface area contributed by atoms with E-state index >= 15 is 0 Å². The predicted octanol–water partition coefficient (Wildman–Crippen LogP) is 1.81. The molecule has 5 heteroatoms. The standard InChI is InChI=1S/C13H17ClN2O2/c14-10-7-9(1-2-11(10)15)12(18)16-8-13(3-4-13)5-6-17/h1-2,7,17H,3-6,8,15H2,(H,16,18). The molecule has 1 fully saturated rings. The number of anilines is 1. The van der Waals surface area contributed by atoms with Crippen molar-refractivity contribution in [2.24, 2.45) is 5.41 Å². The minimum Gasteiger partial charge on any atom is -0.398 e. The number of carbonyl (C=O) groups excluding carboxylic acids is 1. The quantitative estimate of drug-likeness (QED) is 0.713. The Hall–Kier alpha value is -1.26. The number of aliphatic hydroxyl groups is 1. The first-order valence-electron chi connectivity index (χ1n) is 6.00. The highest BCUT2D eigenvalue weighted by atomic mass is 35.5. The molecule has 0 heterocycles. The number of halogens is 1. The van der Waals surface area contributed by atoms with Gasteiger partial charge in [0.2, 0.25) is 0 Å². The summed E-state index contributed by atoms with van der Waals surface area (Å²) in [5.41, 5.74) is 6.68. The molecule has 1 aliphatic rings. The Labute approximate surface area is 111 Å². The van der Waals surface area contributed by atoms with Crippen molar-refractivity contribution in [2.45, 2.75) is 19.3 Å². The van der Waals surface area contributed by atoms with E-state index in [2.05, 4.69) is 5.32 Å². The Bertz CT molecular complexity index is 458. The van der Waals surface area contributed by atoms with Gasteiger partial charge in [-0.1, -0.05) is 11.6 Å². The zero-order valence-electron chi connectivity index (χ0n) is 10.1. The third-order valence-electron chi connectivity index (χ3n) is 3.49. The predicted molar refractivity (Wildman–Crippen MR) is 71.6 cm³/mol. The summed E-state index contributed by atoms with van der Waals surface area (Å²) < 4.78 is 0. The largest absolute Gasteiger partial charge is 0.398 e. The van der Waals surface area contributed by atoms with Gasteiger partial charge in [-0.25, -0.2) is 0 Å². The average molecular weight is 269 g/mol. The number of nitrogens with one attached hydrogen (secondary N) is 1. The Morgan fingerprint density at radius 3 is 2.78 bits per heavy atom. The molecule has 98 valence electrons. The van der Waals surface area contributed by atoms with Gasteiger partial charge < -0.3 is 16.2 Å². The van der Waals surface area contributed by atoms with Gasteiger partial charge in [0.15, 0.2) is 0 Å². The summed E-state index contributed by atoms with van der Waals surface area (Å²) in [7, 11) is 0. The van der Waals surface area contributed by atoms with Crippen molar-refractivity contribution in [3.63, 3.8) is 0 Å². The van der Waals surface area contributed by atoms with Crippen molar-refractivity contribution in [3.05, 3.63) is 28.8 Å². The van der Waals surface area contributed by atoms with Crippen LogP contribution in [-0.4, -0.2) is 24.2 Å². The van der Waals surface area contributed by atoms with Gasteiger partial charge in [-0.05, 0) is 42.9 Å². The van der Waals surface area contributed by atoms with Crippen LogP contribution in [0.5, 0.6) is 0 Å². The van der Waals surface area contributed by atoms with Crippen LogP contribution in [0.1, 0.15) is 29.6 Å². The van der Waals surface area contributed by atoms with Gasteiger partial charge in [0.1, 0.15) is 0 Å². The normalized spacial score (nSPS) is 16.3. The Morgan fingerprint density at radius 1 is 1.50 bits per heavy atom. The topological polar surface area (TPSA) is 75.4 Å². The van der Waals surface area contributed by atoms with Gasteiger partial charge >= 0.3 is 0 Å². The van der Waals surface area contributed by atoms with E-state index in [4.69, 9.17) is 22.4 Å². The summed E-state index contributed by atoms with van der Waals surface area (Å²) in [5, 5.41) is 12.2. The molecule has 4 N–H and O–H groups in total. The van der Waals surface area contributed by atoms with Crippen LogP contribution in [0.15, 0.2) is 18.2 Å². The number of benzene rings is 1. The molecule has 1 aromatic rings. The van der Waals surface area contributed by atoms with Crippen LogP contribution in [0.4, 0.5) is 5.69 Å². The van der Waals surface area contributed by atoms with Crippen molar-refractivity contribution in [1.29, 1.82) is 0 Å². The molecule has 1 aliphatic carbocycles. The molecule has 0 atom stereocenters. The minimum atomic E-state index is -0.152. The summed E-state index contributed by atoms with van der Waals surface area (Å²) in [6.45, 7) is 0.776. The van der Waals surface area contributed by atoms with Crippen LogP contribution >= 0.6 is 11.6 Å². The lowest BCUT2D eigenvalue weighted by Crippen LogP contribution is -2.30. The van der Waals surface area contributed by atoms with Crippen molar-refractivity contribution in [1.82, 2.24) is 5.32 Å². The lowest BCUT2D eigenvalue weighted by atomic mass is 10.0. The van der Waals surface area contributed by atoms with Gasteiger partial charge in [0, 0.05) is 18.7 Å². The van der Waals surface area contributed by atoms with Crippen molar-refractivity contribution < 1.29 is 9.90 Å². The van der Waals surface area contributed by atoms with Crippen LogP contribution < -0.4 is 11.1 Å². The van der Waals surface area contributed by atoms with Gasteiger partial charge in [-0.2, -0.15) is 0 Å². The Kier molecular flexibility index (Phi) is 3.78. The number of carbonyl (C=O) groups is 1. The number of hydrogen-bond donors (Lipinski definition) is 3. The van der Waals surface area contributed by atoms with Crippen LogP contribution in [0.3, 0.4) is 0 Å². The van der Waals surface area contributed by atoms with Crippen molar-refractivity contribution >= 4 is 23.2 Å². The van der Waals surface area contributed by atoms with E-state index < -0.39 is 0 Å². The molecular weight excluding hydrogens is 252 g/mol. The van der Waals surface area contributed by atoms with Gasteiger partial charge in [-0.15, -0.1) is 0 Å². The second kappa shape index (κ2) is 5.16. The van der Waals surface area contributed by atoms with Gasteiger partial charge in [0.05, 0.1) is 10.7 Å². The van der Waals surface area contributed by atoms with Gasteiger partial charge in [-0.3, -0.25) is 4.79 Å². The zero-order chi connectivity index (χ0) is 13.2. The van der Waals surface area contributed by atoms with E-state index in [-0.39, 0.29) is 17.9 Å². The van der Waals surface area contributed by atoms with Crippen molar-refractivity contribution in [2.75, 3.05) is 18.9 Å². The number of amides is 1. The molecule has 0 unspecified atom stereocenters. The molecule has 0 spiro atoms. The molecule has 18 heavy (non-hydrogen) atoms. The van der Waals surface area contributed by atoms with Crippen LogP contribution in [-0.2, 0) is 0 Å². The highest BCUT2D eigenvalue weighted by Gasteiger charge is 2.41. The molecule has 4 nitrogen and oxygen atoms in total. The van der Waals surface area contributed by atoms with Gasteiger partial charge in [0.25, 0.3) is 5.91 Å². The summed E-state index contributed by atoms with van der Waals surface area (Å²) in [5.74, 6) is -0.152. The first-order chi connectivity index (χ1) is 8.56. The second-order valence-corrected chi connectivity index (χ2v) is 5.30. The molecule has 0 saturated heterocycles. The summed E-state index contributed by atoms with van der Waals surface area (Å²) in [6.07, 6.45) is 2.88. The van der Waals surface area contributed by atoms with Crippen molar-refractivity contribution in [3.8, 4) is 0 Å². The number of nitrogen functional groups attached to an aromatic ring is 1. The maximum atomic E-state index is 11.9. The van der Waals surface area contributed by atoms with Crippen LogP contribution in [0.2, 0.25) is 5.02 Å². The molecule has 1 saturated carbocycles. The fourth-order valence-corrected chi connectivity index (χ4v) is 2.15. The molecule has 2 rings (SSSR count). The first-order valence-corrected chi connectivity index (χ1v) is 6.38. The van der Waals surface area contributed by atoms with E-state index in [1.807, 2.05) is 0 Å². The molecule has 0 aliphatic heterocycles. The fourth-order valence-electron chi connectivity index (χ4n) is 1.97. The van der Waals surface area contributed by atoms with Crippen LogP contribution in [0.25, 0.3) is 0 Å². The Morgan fingerprint density at radius 2 is 2.22 bits per heavy atom. The summed E-state index contributed by atoms with van der Waals surface area (Å²) in [4.78, 5) is 11.9. The van der Waals surface area contributed by atoms with E-state index in [0.717, 1.165) is 19.3 Å². The molecule has 0 aromatic heterocycles. The van der Waals surface area contributed by atoms with E-state index in [1.54, 1.807) is 18.2 Å². The first kappa shape index (κ1) is 13.2.